The molecule has 1 aromatic carbocycles. The van der Waals surface area contributed by atoms with Crippen molar-refractivity contribution < 1.29 is 28.5 Å². The summed E-state index contributed by atoms with van der Waals surface area (Å²) in [4.78, 5) is 25.4. The van der Waals surface area contributed by atoms with Crippen LogP contribution in [0.3, 0.4) is 0 Å². The lowest BCUT2D eigenvalue weighted by Crippen LogP contribution is -2.49. The summed E-state index contributed by atoms with van der Waals surface area (Å²) in [6.07, 6.45) is -0.0430. The Morgan fingerprint density at radius 2 is 1.67 bits per heavy atom. The number of ether oxygens (including phenoxy) is 4. The number of morpholine rings is 1. The maximum absolute atomic E-state index is 12.1. The Labute approximate surface area is 141 Å². The Bertz CT molecular complexity index is 549. The third-order valence-corrected chi connectivity index (χ3v) is 3.55. The average molecular weight is 337 g/mol. The lowest BCUT2D eigenvalue weighted by Gasteiger charge is -2.35. The first-order valence-electron chi connectivity index (χ1n) is 7.83. The molecule has 24 heavy (non-hydrogen) atoms. The number of amides is 1. The Hall–Kier alpha value is -2.28. The second-order valence-electron chi connectivity index (χ2n) is 5.68. The van der Waals surface area contributed by atoms with Crippen molar-refractivity contribution >= 4 is 11.9 Å². The number of methoxy groups -OCH3 is 1. The van der Waals surface area contributed by atoms with Gasteiger partial charge in [0, 0.05) is 13.1 Å². The molecule has 0 aliphatic carbocycles. The molecule has 0 aromatic heterocycles. The molecule has 1 heterocycles. The molecule has 0 unspecified atom stereocenters. The van der Waals surface area contributed by atoms with E-state index in [1.54, 1.807) is 36.3 Å². The maximum Gasteiger partial charge on any atom is 0.344 e. The zero-order valence-electron chi connectivity index (χ0n) is 14.2. The molecule has 0 saturated carbocycles. The maximum atomic E-state index is 12.1. The van der Waals surface area contributed by atoms with Gasteiger partial charge in [0.1, 0.15) is 11.5 Å². The monoisotopic (exact) mass is 337 g/mol. The second kappa shape index (κ2) is 8.54. The Morgan fingerprint density at radius 3 is 2.25 bits per heavy atom. The fraction of sp³-hybridized carbons (Fsp3) is 0.529. The van der Waals surface area contributed by atoms with Crippen molar-refractivity contribution in [1.29, 1.82) is 0 Å². The number of hydrogen-bond donors (Lipinski definition) is 0. The van der Waals surface area contributed by atoms with Gasteiger partial charge in [-0.25, -0.2) is 4.79 Å². The fourth-order valence-corrected chi connectivity index (χ4v) is 2.47. The van der Waals surface area contributed by atoms with E-state index in [0.29, 0.717) is 24.6 Å². The topological polar surface area (TPSA) is 74.3 Å². The Kier molecular flexibility index (Phi) is 6.43. The highest BCUT2D eigenvalue weighted by Crippen LogP contribution is 2.17. The van der Waals surface area contributed by atoms with Crippen LogP contribution in [-0.4, -0.2) is 62.4 Å². The van der Waals surface area contributed by atoms with E-state index >= 15 is 0 Å². The van der Waals surface area contributed by atoms with E-state index in [1.165, 1.54) is 0 Å². The van der Waals surface area contributed by atoms with Gasteiger partial charge < -0.3 is 23.8 Å². The molecule has 1 amide bonds. The smallest absolute Gasteiger partial charge is 0.344 e. The summed E-state index contributed by atoms with van der Waals surface area (Å²) in [5.74, 6) is 0.405. The van der Waals surface area contributed by atoms with Crippen LogP contribution in [0.2, 0.25) is 0 Å². The Balaban J connectivity index is 1.71. The van der Waals surface area contributed by atoms with Crippen LogP contribution in [0.15, 0.2) is 24.3 Å². The number of carbonyl (C=O) groups is 2. The molecule has 0 spiro atoms. The minimum Gasteiger partial charge on any atom is -0.497 e. The summed E-state index contributed by atoms with van der Waals surface area (Å²) in [7, 11) is 1.57. The van der Waals surface area contributed by atoms with E-state index < -0.39 is 5.97 Å². The summed E-state index contributed by atoms with van der Waals surface area (Å²) in [6, 6.07) is 6.83. The molecule has 132 valence electrons. The Morgan fingerprint density at radius 1 is 1.08 bits per heavy atom. The summed E-state index contributed by atoms with van der Waals surface area (Å²) in [5.41, 5.74) is 0. The zero-order chi connectivity index (χ0) is 17.5. The highest BCUT2D eigenvalue weighted by atomic mass is 16.6. The third-order valence-electron chi connectivity index (χ3n) is 3.55. The first kappa shape index (κ1) is 18.1. The van der Waals surface area contributed by atoms with Crippen molar-refractivity contribution in [2.24, 2.45) is 0 Å². The van der Waals surface area contributed by atoms with Gasteiger partial charge in [-0.05, 0) is 38.1 Å². The van der Waals surface area contributed by atoms with Gasteiger partial charge in [0.15, 0.2) is 13.2 Å². The number of hydrogen-bond acceptors (Lipinski definition) is 6. The van der Waals surface area contributed by atoms with Gasteiger partial charge in [-0.1, -0.05) is 0 Å². The summed E-state index contributed by atoms with van der Waals surface area (Å²) in [6.45, 7) is 4.28. The second-order valence-corrected chi connectivity index (χ2v) is 5.68. The van der Waals surface area contributed by atoms with E-state index in [4.69, 9.17) is 18.9 Å². The van der Waals surface area contributed by atoms with Crippen molar-refractivity contribution in [3.05, 3.63) is 24.3 Å². The number of nitrogens with zero attached hydrogens (tertiary/aromatic N) is 1. The summed E-state index contributed by atoms with van der Waals surface area (Å²) >= 11 is 0. The van der Waals surface area contributed by atoms with Crippen molar-refractivity contribution in [2.45, 2.75) is 26.1 Å². The molecule has 7 heteroatoms. The van der Waals surface area contributed by atoms with Crippen LogP contribution in [0.25, 0.3) is 0 Å². The minimum absolute atomic E-state index is 0.0215. The molecule has 7 nitrogen and oxygen atoms in total. The molecule has 0 bridgehead atoms. The molecule has 2 atom stereocenters. The molecule has 1 aliphatic rings. The zero-order valence-corrected chi connectivity index (χ0v) is 14.2. The molecular weight excluding hydrogens is 314 g/mol. The van der Waals surface area contributed by atoms with Crippen LogP contribution in [0, 0.1) is 0 Å². The van der Waals surface area contributed by atoms with Gasteiger partial charge in [0.2, 0.25) is 0 Å². The highest BCUT2D eigenvalue weighted by molar-refractivity contribution is 5.81. The first-order valence-corrected chi connectivity index (χ1v) is 7.83. The van der Waals surface area contributed by atoms with Crippen molar-refractivity contribution in [3.63, 3.8) is 0 Å². The predicted molar refractivity (Wildman–Crippen MR) is 86.0 cm³/mol. The van der Waals surface area contributed by atoms with Gasteiger partial charge in [0.05, 0.1) is 19.3 Å². The highest BCUT2D eigenvalue weighted by Gasteiger charge is 2.26. The lowest BCUT2D eigenvalue weighted by atomic mass is 10.2. The number of rotatable bonds is 6. The van der Waals surface area contributed by atoms with E-state index in [0.717, 1.165) is 0 Å². The van der Waals surface area contributed by atoms with Gasteiger partial charge in [-0.3, -0.25) is 4.79 Å². The van der Waals surface area contributed by atoms with Crippen LogP contribution < -0.4 is 9.47 Å². The molecule has 1 aliphatic heterocycles. The number of esters is 1. The quantitative estimate of drug-likeness (QED) is 0.728. The molecule has 1 fully saturated rings. The number of carbonyl (C=O) groups excluding carboxylic acids is 2. The number of benzene rings is 1. The molecule has 0 radical (unpaired) electrons. The van der Waals surface area contributed by atoms with E-state index in [-0.39, 0.29) is 31.3 Å². The minimum atomic E-state index is -0.589. The molecule has 2 rings (SSSR count). The van der Waals surface area contributed by atoms with Crippen molar-refractivity contribution in [1.82, 2.24) is 4.90 Å². The van der Waals surface area contributed by atoms with E-state index in [2.05, 4.69) is 0 Å². The first-order chi connectivity index (χ1) is 11.5. The van der Waals surface area contributed by atoms with Crippen LogP contribution in [0.1, 0.15) is 13.8 Å². The normalized spacial score (nSPS) is 20.4. The predicted octanol–water partition coefficient (Wildman–Crippen LogP) is 1.25. The van der Waals surface area contributed by atoms with Crippen molar-refractivity contribution in [2.75, 3.05) is 33.4 Å². The average Bonchev–Trinajstić information content (AvgIpc) is 2.57. The SMILES string of the molecule is COc1ccc(OCC(=O)OCC(=O)N2C[C@H](C)O[C@@H](C)C2)cc1. The summed E-state index contributed by atoms with van der Waals surface area (Å²) in [5, 5.41) is 0. The van der Waals surface area contributed by atoms with E-state index in [1.807, 2.05) is 13.8 Å². The lowest BCUT2D eigenvalue weighted by molar-refractivity contribution is -0.158. The van der Waals surface area contributed by atoms with Crippen LogP contribution in [-0.2, 0) is 19.1 Å². The molecule has 0 N–H and O–H groups in total. The largest absolute Gasteiger partial charge is 0.497 e. The molecule has 1 saturated heterocycles. The van der Waals surface area contributed by atoms with Gasteiger partial charge in [-0.2, -0.15) is 0 Å². The summed E-state index contributed by atoms with van der Waals surface area (Å²) < 4.78 is 20.9. The van der Waals surface area contributed by atoms with Gasteiger partial charge in [0.25, 0.3) is 5.91 Å². The van der Waals surface area contributed by atoms with Crippen LogP contribution >= 0.6 is 0 Å². The van der Waals surface area contributed by atoms with Crippen molar-refractivity contribution in [3.8, 4) is 11.5 Å². The van der Waals surface area contributed by atoms with E-state index in [9.17, 15) is 9.59 Å². The third kappa shape index (κ3) is 5.42. The van der Waals surface area contributed by atoms with Gasteiger partial charge >= 0.3 is 5.97 Å². The molecule has 1 aromatic rings. The van der Waals surface area contributed by atoms with Gasteiger partial charge in [-0.15, -0.1) is 0 Å². The van der Waals surface area contributed by atoms with Crippen LogP contribution in [0.5, 0.6) is 11.5 Å². The fourth-order valence-electron chi connectivity index (χ4n) is 2.47. The standard InChI is InChI=1S/C17H23NO6/c1-12-8-18(9-13(2)24-12)16(19)10-23-17(20)11-22-15-6-4-14(21-3)5-7-15/h4-7,12-13H,8-11H2,1-3H3/t12-,13-/m0/s1. The van der Waals surface area contributed by atoms with Crippen LogP contribution in [0.4, 0.5) is 0 Å². The molecular formula is C17H23NO6.